The lowest BCUT2D eigenvalue weighted by atomic mass is 10.1. The number of pyridine rings is 1. The third-order valence-electron chi connectivity index (χ3n) is 4.45. The number of amides is 2. The Balaban J connectivity index is 1.64. The smallest absolute Gasteiger partial charge is 0.287 e. The fourth-order valence-electron chi connectivity index (χ4n) is 3.06. The highest BCUT2D eigenvalue weighted by Gasteiger charge is 2.19. The van der Waals surface area contributed by atoms with Crippen molar-refractivity contribution in [3.63, 3.8) is 0 Å². The first-order valence-electron chi connectivity index (χ1n) is 9.15. The number of rotatable bonds is 6. The van der Waals surface area contributed by atoms with Crippen molar-refractivity contribution in [3.05, 3.63) is 69.8 Å². The number of carbonyl (C=O) groups is 2. The summed E-state index contributed by atoms with van der Waals surface area (Å²) in [6, 6.07) is 11.7. The van der Waals surface area contributed by atoms with E-state index in [-0.39, 0.29) is 29.2 Å². The maximum Gasteiger partial charge on any atom is 0.287 e. The predicted octanol–water partition coefficient (Wildman–Crippen LogP) is 2.57. The second-order valence-electron chi connectivity index (χ2n) is 6.82. The number of carbonyl (C=O) groups excluding carboxylic acids is 2. The van der Waals surface area contributed by atoms with Gasteiger partial charge in [0, 0.05) is 42.3 Å². The summed E-state index contributed by atoms with van der Waals surface area (Å²) in [4.78, 5) is 40.9. The Hall–Kier alpha value is -3.35. The van der Waals surface area contributed by atoms with Crippen LogP contribution in [0.5, 0.6) is 0 Å². The molecule has 0 aliphatic carbocycles. The molecule has 2 heterocycles. The van der Waals surface area contributed by atoms with Gasteiger partial charge in [0.2, 0.25) is 5.56 Å². The lowest BCUT2D eigenvalue weighted by molar-refractivity contribution is 0.0765. The number of hydrogen-bond donors (Lipinski definition) is 2. The average molecular weight is 381 g/mol. The molecule has 0 spiro atoms. The van der Waals surface area contributed by atoms with E-state index in [4.69, 9.17) is 4.42 Å². The number of likely N-dealkylation sites (N-methyl/N-ethyl adjacent to an activating group) is 1. The molecule has 1 atom stereocenters. The van der Waals surface area contributed by atoms with Gasteiger partial charge < -0.3 is 19.6 Å². The number of aryl methyl sites for hydroxylation is 1. The highest BCUT2D eigenvalue weighted by atomic mass is 16.3. The van der Waals surface area contributed by atoms with E-state index in [0.29, 0.717) is 29.8 Å². The number of hydrogen-bond acceptors (Lipinski definition) is 4. The summed E-state index contributed by atoms with van der Waals surface area (Å²) in [7, 11) is 1.64. The van der Waals surface area contributed by atoms with E-state index in [9.17, 15) is 14.4 Å². The number of aromatic amines is 1. The van der Waals surface area contributed by atoms with Gasteiger partial charge in [0.05, 0.1) is 0 Å². The van der Waals surface area contributed by atoms with Crippen LogP contribution in [0.25, 0.3) is 11.0 Å². The number of furan rings is 1. The van der Waals surface area contributed by atoms with E-state index in [2.05, 4.69) is 10.3 Å². The van der Waals surface area contributed by atoms with Crippen molar-refractivity contribution in [1.82, 2.24) is 15.2 Å². The molecule has 0 saturated heterocycles. The van der Waals surface area contributed by atoms with E-state index in [0.717, 1.165) is 5.39 Å². The maximum atomic E-state index is 12.6. The molecule has 0 fully saturated rings. The van der Waals surface area contributed by atoms with Gasteiger partial charge in [-0.25, -0.2) is 0 Å². The summed E-state index contributed by atoms with van der Waals surface area (Å²) in [5.74, 6) is -0.385. The minimum Gasteiger partial charge on any atom is -0.451 e. The van der Waals surface area contributed by atoms with Gasteiger partial charge in [-0.05, 0) is 31.5 Å². The normalized spacial score (nSPS) is 12.0. The highest BCUT2D eigenvalue weighted by Crippen LogP contribution is 2.18. The quantitative estimate of drug-likeness (QED) is 0.686. The van der Waals surface area contributed by atoms with Crippen LogP contribution in [0, 0.1) is 0 Å². The number of benzene rings is 1. The van der Waals surface area contributed by atoms with Gasteiger partial charge in [0.25, 0.3) is 11.8 Å². The molecule has 2 amide bonds. The van der Waals surface area contributed by atoms with Crippen LogP contribution in [0.2, 0.25) is 0 Å². The maximum absolute atomic E-state index is 12.6. The van der Waals surface area contributed by atoms with Gasteiger partial charge in [-0.2, -0.15) is 0 Å². The second-order valence-corrected chi connectivity index (χ2v) is 6.82. The minimum atomic E-state index is -0.339. The van der Waals surface area contributed by atoms with Crippen molar-refractivity contribution < 1.29 is 14.0 Å². The number of aromatic nitrogens is 1. The third kappa shape index (κ3) is 4.31. The molecule has 0 aliphatic heterocycles. The van der Waals surface area contributed by atoms with E-state index >= 15 is 0 Å². The number of nitrogens with zero attached hydrogens (tertiary/aromatic N) is 1. The van der Waals surface area contributed by atoms with Crippen LogP contribution in [0.1, 0.15) is 40.5 Å². The summed E-state index contributed by atoms with van der Waals surface area (Å²) < 4.78 is 5.56. The monoisotopic (exact) mass is 381 g/mol. The molecule has 3 rings (SSSR count). The van der Waals surface area contributed by atoms with Crippen molar-refractivity contribution in [2.24, 2.45) is 0 Å². The molecule has 0 saturated carbocycles. The molecule has 1 unspecified atom stereocenters. The Labute approximate surface area is 162 Å². The topological polar surface area (TPSA) is 95.4 Å². The summed E-state index contributed by atoms with van der Waals surface area (Å²) in [5, 5.41) is 3.69. The summed E-state index contributed by atoms with van der Waals surface area (Å²) in [5.41, 5.74) is 1.38. The standard InChI is InChI=1S/C21H23N3O4/c1-4-16-9-15(11-19(25)23-16)21(27)24(3)12-13(2)22-20(26)18-10-14-7-5-6-8-17(14)28-18/h5-11,13H,4,12H2,1-3H3,(H,22,26)(H,23,25). The third-order valence-corrected chi connectivity index (χ3v) is 4.45. The molecular formula is C21H23N3O4. The number of nitrogens with one attached hydrogen (secondary N) is 2. The van der Waals surface area contributed by atoms with Crippen molar-refractivity contribution in [3.8, 4) is 0 Å². The molecule has 146 valence electrons. The average Bonchev–Trinajstić information content (AvgIpc) is 3.11. The molecule has 7 heteroatoms. The zero-order valence-electron chi connectivity index (χ0n) is 16.1. The molecule has 28 heavy (non-hydrogen) atoms. The van der Waals surface area contributed by atoms with Gasteiger partial charge in [0.1, 0.15) is 5.58 Å². The zero-order valence-corrected chi connectivity index (χ0v) is 16.1. The van der Waals surface area contributed by atoms with Crippen LogP contribution in [0.15, 0.2) is 51.7 Å². The molecule has 2 aromatic heterocycles. The number of H-pyrrole nitrogens is 1. The Morgan fingerprint density at radius 3 is 2.68 bits per heavy atom. The molecular weight excluding hydrogens is 358 g/mol. The SMILES string of the molecule is CCc1cc(C(=O)N(C)CC(C)NC(=O)c2cc3ccccc3o2)cc(=O)[nH]1. The first-order chi connectivity index (χ1) is 13.4. The van der Waals surface area contributed by atoms with Crippen LogP contribution < -0.4 is 10.9 Å². The van der Waals surface area contributed by atoms with Gasteiger partial charge in [0.15, 0.2) is 5.76 Å². The van der Waals surface area contributed by atoms with E-state index in [1.54, 1.807) is 32.2 Å². The zero-order chi connectivity index (χ0) is 20.3. The van der Waals surface area contributed by atoms with Crippen LogP contribution >= 0.6 is 0 Å². The molecule has 3 aromatic rings. The van der Waals surface area contributed by atoms with Crippen molar-refractivity contribution in [2.45, 2.75) is 26.3 Å². The Morgan fingerprint density at radius 2 is 1.96 bits per heavy atom. The largest absolute Gasteiger partial charge is 0.451 e. The molecule has 1 aromatic carbocycles. The van der Waals surface area contributed by atoms with Crippen LogP contribution in [0.4, 0.5) is 0 Å². The predicted molar refractivity (Wildman–Crippen MR) is 107 cm³/mol. The number of para-hydroxylation sites is 1. The van der Waals surface area contributed by atoms with E-state index in [1.165, 1.54) is 11.0 Å². The Kier molecular flexibility index (Phi) is 5.63. The van der Waals surface area contributed by atoms with Gasteiger partial charge in [-0.3, -0.25) is 14.4 Å². The van der Waals surface area contributed by atoms with Gasteiger partial charge in [-0.1, -0.05) is 25.1 Å². The van der Waals surface area contributed by atoms with E-state index < -0.39 is 0 Å². The molecule has 0 bridgehead atoms. The van der Waals surface area contributed by atoms with Crippen molar-refractivity contribution >= 4 is 22.8 Å². The number of fused-ring (bicyclic) bond motifs is 1. The second kappa shape index (κ2) is 8.12. The minimum absolute atomic E-state index is 0.226. The fourth-order valence-corrected chi connectivity index (χ4v) is 3.06. The van der Waals surface area contributed by atoms with Crippen LogP contribution in [-0.4, -0.2) is 41.3 Å². The Morgan fingerprint density at radius 1 is 1.21 bits per heavy atom. The lowest BCUT2D eigenvalue weighted by Crippen LogP contribution is -2.42. The van der Waals surface area contributed by atoms with Gasteiger partial charge >= 0.3 is 0 Å². The summed E-state index contributed by atoms with van der Waals surface area (Å²) >= 11 is 0. The van der Waals surface area contributed by atoms with Crippen LogP contribution in [0.3, 0.4) is 0 Å². The van der Waals surface area contributed by atoms with Crippen LogP contribution in [-0.2, 0) is 6.42 Å². The molecule has 7 nitrogen and oxygen atoms in total. The van der Waals surface area contributed by atoms with Gasteiger partial charge in [-0.15, -0.1) is 0 Å². The summed E-state index contributed by atoms with van der Waals surface area (Å²) in [6.45, 7) is 4.00. The first kappa shape index (κ1) is 19.4. The molecule has 0 aliphatic rings. The molecule has 2 N–H and O–H groups in total. The van der Waals surface area contributed by atoms with E-state index in [1.807, 2.05) is 25.1 Å². The summed E-state index contributed by atoms with van der Waals surface area (Å²) in [6.07, 6.45) is 0.629. The first-order valence-corrected chi connectivity index (χ1v) is 9.15. The lowest BCUT2D eigenvalue weighted by Gasteiger charge is -2.22. The fraction of sp³-hybridized carbons (Fsp3) is 0.286. The van der Waals surface area contributed by atoms with Crippen molar-refractivity contribution in [1.29, 1.82) is 0 Å². The highest BCUT2D eigenvalue weighted by molar-refractivity contribution is 5.96. The Bertz CT molecular complexity index is 1030. The van der Waals surface area contributed by atoms with Crippen molar-refractivity contribution in [2.75, 3.05) is 13.6 Å². The molecule has 0 radical (unpaired) electrons.